The Labute approximate surface area is 124 Å². The molecule has 3 unspecified atom stereocenters. The molecule has 0 bridgehead atoms. The van der Waals surface area contributed by atoms with E-state index < -0.39 is 11.9 Å². The van der Waals surface area contributed by atoms with Crippen LogP contribution in [0.25, 0.3) is 0 Å². The summed E-state index contributed by atoms with van der Waals surface area (Å²) < 4.78 is 13.4. The zero-order chi connectivity index (χ0) is 14.7. The largest absolute Gasteiger partial charge is 0.387 e. The van der Waals surface area contributed by atoms with E-state index in [9.17, 15) is 9.50 Å². The van der Waals surface area contributed by atoms with E-state index >= 15 is 0 Å². The quantitative estimate of drug-likeness (QED) is 0.896. The molecular formula is C15H22ClFN2O. The van der Waals surface area contributed by atoms with Gasteiger partial charge in [-0.15, -0.1) is 0 Å². The summed E-state index contributed by atoms with van der Waals surface area (Å²) in [7, 11) is 2.12. The Hall–Kier alpha value is -0.680. The van der Waals surface area contributed by atoms with E-state index in [0.29, 0.717) is 24.1 Å². The molecule has 3 atom stereocenters. The second kappa shape index (κ2) is 6.85. The highest BCUT2D eigenvalue weighted by Crippen LogP contribution is 2.21. The number of nitrogens with zero attached hydrogens (tertiary/aromatic N) is 1. The molecule has 20 heavy (non-hydrogen) atoms. The van der Waals surface area contributed by atoms with E-state index in [1.807, 2.05) is 0 Å². The van der Waals surface area contributed by atoms with Crippen LogP contribution in [-0.4, -0.2) is 42.7 Å². The number of halogens is 2. The minimum absolute atomic E-state index is 0.0813. The standard InChI is InChI=1S/C15H22ClFN2O/c1-10-9-19(2)6-5-14(10)18-8-15(20)11-3-4-12(16)13(17)7-11/h3-4,7,10,14-15,18,20H,5-6,8-9H2,1-2H3. The van der Waals surface area contributed by atoms with E-state index in [2.05, 4.69) is 24.2 Å². The summed E-state index contributed by atoms with van der Waals surface area (Å²) in [5.41, 5.74) is 0.556. The first-order valence-corrected chi connectivity index (χ1v) is 7.40. The van der Waals surface area contributed by atoms with E-state index in [-0.39, 0.29) is 5.02 Å². The molecular weight excluding hydrogens is 279 g/mol. The molecule has 1 saturated heterocycles. The van der Waals surface area contributed by atoms with Gasteiger partial charge in [-0.3, -0.25) is 0 Å². The Morgan fingerprint density at radius 2 is 2.30 bits per heavy atom. The van der Waals surface area contributed by atoms with Crippen molar-refractivity contribution in [3.8, 4) is 0 Å². The minimum Gasteiger partial charge on any atom is -0.387 e. The monoisotopic (exact) mass is 300 g/mol. The molecule has 0 amide bonds. The van der Waals surface area contributed by atoms with Crippen molar-refractivity contribution in [1.29, 1.82) is 0 Å². The maximum Gasteiger partial charge on any atom is 0.142 e. The average molecular weight is 301 g/mol. The van der Waals surface area contributed by atoms with Crippen LogP contribution < -0.4 is 5.32 Å². The molecule has 1 fully saturated rings. The Kier molecular flexibility index (Phi) is 5.38. The topological polar surface area (TPSA) is 35.5 Å². The van der Waals surface area contributed by atoms with Gasteiger partial charge in [0.1, 0.15) is 5.82 Å². The van der Waals surface area contributed by atoms with Crippen LogP contribution in [0.1, 0.15) is 25.0 Å². The molecule has 1 aromatic carbocycles. The third-order valence-electron chi connectivity index (χ3n) is 4.01. The van der Waals surface area contributed by atoms with Crippen LogP contribution in [0.2, 0.25) is 5.02 Å². The molecule has 1 aliphatic heterocycles. The summed E-state index contributed by atoms with van der Waals surface area (Å²) in [6.07, 6.45) is 0.355. The van der Waals surface area contributed by atoms with Crippen molar-refractivity contribution < 1.29 is 9.50 Å². The number of piperidine rings is 1. The van der Waals surface area contributed by atoms with E-state index in [0.717, 1.165) is 19.5 Å². The van der Waals surface area contributed by atoms with Crippen LogP contribution in [0, 0.1) is 11.7 Å². The number of aliphatic hydroxyl groups excluding tert-OH is 1. The molecule has 0 aromatic heterocycles. The van der Waals surface area contributed by atoms with Crippen molar-refractivity contribution in [2.75, 3.05) is 26.7 Å². The Balaban J connectivity index is 1.88. The van der Waals surface area contributed by atoms with Gasteiger partial charge in [0.25, 0.3) is 0 Å². The SMILES string of the molecule is CC1CN(C)CCC1NCC(O)c1ccc(Cl)c(F)c1. The van der Waals surface area contributed by atoms with Gasteiger partial charge in [0.2, 0.25) is 0 Å². The highest BCUT2D eigenvalue weighted by Gasteiger charge is 2.24. The lowest BCUT2D eigenvalue weighted by Crippen LogP contribution is -2.47. The maximum absolute atomic E-state index is 13.4. The van der Waals surface area contributed by atoms with Gasteiger partial charge in [-0.2, -0.15) is 0 Å². The Morgan fingerprint density at radius 1 is 1.55 bits per heavy atom. The maximum atomic E-state index is 13.4. The van der Waals surface area contributed by atoms with Crippen LogP contribution in [0.3, 0.4) is 0 Å². The van der Waals surface area contributed by atoms with Gasteiger partial charge in [0, 0.05) is 19.1 Å². The summed E-state index contributed by atoms with van der Waals surface area (Å²) >= 11 is 5.64. The lowest BCUT2D eigenvalue weighted by atomic mass is 9.94. The number of aliphatic hydroxyl groups is 1. The number of nitrogens with one attached hydrogen (secondary N) is 1. The van der Waals surface area contributed by atoms with Crippen LogP contribution in [0.5, 0.6) is 0 Å². The molecule has 2 rings (SSSR count). The number of likely N-dealkylation sites (tertiary alicyclic amines) is 1. The van der Waals surface area contributed by atoms with Gasteiger partial charge in [0.15, 0.2) is 0 Å². The van der Waals surface area contributed by atoms with E-state index in [4.69, 9.17) is 11.6 Å². The summed E-state index contributed by atoms with van der Waals surface area (Å²) in [5, 5.41) is 13.6. The summed E-state index contributed by atoms with van der Waals surface area (Å²) in [4.78, 5) is 2.31. The highest BCUT2D eigenvalue weighted by molar-refractivity contribution is 6.30. The molecule has 5 heteroatoms. The van der Waals surface area contributed by atoms with E-state index in [1.54, 1.807) is 6.07 Å². The average Bonchev–Trinajstić information content (AvgIpc) is 2.40. The van der Waals surface area contributed by atoms with Crippen molar-refractivity contribution in [2.45, 2.75) is 25.5 Å². The van der Waals surface area contributed by atoms with Crippen molar-refractivity contribution >= 4 is 11.6 Å². The zero-order valence-electron chi connectivity index (χ0n) is 11.9. The lowest BCUT2D eigenvalue weighted by Gasteiger charge is -2.35. The minimum atomic E-state index is -0.714. The van der Waals surface area contributed by atoms with Gasteiger partial charge in [-0.05, 0) is 43.6 Å². The lowest BCUT2D eigenvalue weighted by molar-refractivity contribution is 0.137. The molecule has 0 radical (unpaired) electrons. The normalized spacial score (nSPS) is 25.6. The number of rotatable bonds is 4. The second-order valence-electron chi connectivity index (χ2n) is 5.73. The van der Waals surface area contributed by atoms with Gasteiger partial charge >= 0.3 is 0 Å². The molecule has 0 aliphatic carbocycles. The first-order chi connectivity index (χ1) is 9.47. The Morgan fingerprint density at radius 3 is 2.95 bits per heavy atom. The summed E-state index contributed by atoms with van der Waals surface area (Å²) in [5.74, 6) is 0.0544. The molecule has 2 N–H and O–H groups in total. The van der Waals surface area contributed by atoms with Crippen LogP contribution in [0.15, 0.2) is 18.2 Å². The molecule has 1 heterocycles. The van der Waals surface area contributed by atoms with Crippen molar-refractivity contribution in [2.24, 2.45) is 5.92 Å². The summed E-state index contributed by atoms with van der Waals surface area (Å²) in [6, 6.07) is 4.84. The first kappa shape index (κ1) is 15.7. The highest BCUT2D eigenvalue weighted by atomic mass is 35.5. The molecule has 0 spiro atoms. The Bertz CT molecular complexity index is 457. The zero-order valence-corrected chi connectivity index (χ0v) is 12.7. The summed E-state index contributed by atoms with van der Waals surface area (Å²) in [6.45, 7) is 4.76. The molecule has 112 valence electrons. The van der Waals surface area contributed by atoms with Gasteiger partial charge < -0.3 is 15.3 Å². The van der Waals surface area contributed by atoms with Crippen LogP contribution in [0.4, 0.5) is 4.39 Å². The van der Waals surface area contributed by atoms with Gasteiger partial charge in [-0.25, -0.2) is 4.39 Å². The fourth-order valence-corrected chi connectivity index (χ4v) is 2.88. The van der Waals surface area contributed by atoms with Gasteiger partial charge in [-0.1, -0.05) is 24.6 Å². The second-order valence-corrected chi connectivity index (χ2v) is 6.14. The van der Waals surface area contributed by atoms with E-state index in [1.165, 1.54) is 12.1 Å². The number of benzene rings is 1. The fourth-order valence-electron chi connectivity index (χ4n) is 2.76. The molecule has 1 aliphatic rings. The molecule has 1 aromatic rings. The van der Waals surface area contributed by atoms with Crippen molar-refractivity contribution in [1.82, 2.24) is 10.2 Å². The smallest absolute Gasteiger partial charge is 0.142 e. The first-order valence-electron chi connectivity index (χ1n) is 7.02. The predicted octanol–water partition coefficient (Wildman–Crippen LogP) is 2.44. The van der Waals surface area contributed by atoms with Crippen molar-refractivity contribution in [3.63, 3.8) is 0 Å². The predicted molar refractivity (Wildman–Crippen MR) is 79.4 cm³/mol. The van der Waals surface area contributed by atoms with Crippen LogP contribution in [-0.2, 0) is 0 Å². The third kappa shape index (κ3) is 3.92. The van der Waals surface area contributed by atoms with Crippen molar-refractivity contribution in [3.05, 3.63) is 34.6 Å². The fraction of sp³-hybridized carbons (Fsp3) is 0.600. The van der Waals surface area contributed by atoms with Crippen LogP contribution >= 0.6 is 11.6 Å². The molecule has 3 nitrogen and oxygen atoms in total. The number of hydrogen-bond donors (Lipinski definition) is 2. The molecule has 0 saturated carbocycles. The van der Waals surface area contributed by atoms with Gasteiger partial charge in [0.05, 0.1) is 11.1 Å². The number of hydrogen-bond acceptors (Lipinski definition) is 3. The third-order valence-corrected chi connectivity index (χ3v) is 4.32.